The topological polar surface area (TPSA) is 176 Å². The Morgan fingerprint density at radius 1 is 0.484 bits per heavy atom. The van der Waals surface area contributed by atoms with E-state index in [1.807, 2.05) is 0 Å². The maximum atomic E-state index is 14.3. The Bertz CT molecular complexity index is 2020. The summed E-state index contributed by atoms with van der Waals surface area (Å²) < 4.78 is 44.4. The molecule has 2 unspecified atom stereocenters. The van der Waals surface area contributed by atoms with Crippen molar-refractivity contribution in [3.8, 4) is 11.5 Å². The van der Waals surface area contributed by atoms with E-state index in [2.05, 4.69) is 13.2 Å². The summed E-state index contributed by atoms with van der Waals surface area (Å²) in [5, 5.41) is 2.22. The first kappa shape index (κ1) is 48.0. The van der Waals surface area contributed by atoms with Gasteiger partial charge in [0.25, 0.3) is 0 Å². The van der Waals surface area contributed by atoms with Gasteiger partial charge in [-0.05, 0) is 98.9 Å². The zero-order valence-corrected chi connectivity index (χ0v) is 35.3. The van der Waals surface area contributed by atoms with Gasteiger partial charge in [-0.3, -0.25) is 0 Å². The molecular formula is C48H54O14. The number of rotatable bonds is 27. The molecule has 62 heavy (non-hydrogen) atoms. The lowest BCUT2D eigenvalue weighted by Gasteiger charge is -2.25. The molecule has 14 heteroatoms. The van der Waals surface area contributed by atoms with Crippen LogP contribution in [0.4, 0.5) is 0 Å². The van der Waals surface area contributed by atoms with Gasteiger partial charge >= 0.3 is 35.8 Å². The molecule has 0 heterocycles. The van der Waals surface area contributed by atoms with Crippen molar-refractivity contribution in [3.63, 3.8) is 0 Å². The van der Waals surface area contributed by atoms with Gasteiger partial charge in [0.05, 0.1) is 39.6 Å². The highest BCUT2D eigenvalue weighted by atomic mass is 16.6. The Morgan fingerprint density at radius 3 is 1.23 bits per heavy atom. The monoisotopic (exact) mass is 854 g/mol. The van der Waals surface area contributed by atoms with Crippen LogP contribution in [-0.2, 0) is 47.6 Å². The van der Waals surface area contributed by atoms with Crippen molar-refractivity contribution in [1.29, 1.82) is 0 Å². The molecule has 0 aliphatic rings. The number of carbonyl (C=O) groups is 6. The van der Waals surface area contributed by atoms with Gasteiger partial charge in [-0.1, -0.05) is 73.8 Å². The van der Waals surface area contributed by atoms with E-state index in [9.17, 15) is 28.8 Å². The van der Waals surface area contributed by atoms with Crippen molar-refractivity contribution in [2.45, 2.75) is 77.4 Å². The highest BCUT2D eigenvalue weighted by Gasteiger charge is 2.44. The largest absolute Gasteiger partial charge is 0.493 e. The summed E-state index contributed by atoms with van der Waals surface area (Å²) in [4.78, 5) is 78.6. The lowest BCUT2D eigenvalue weighted by molar-refractivity contribution is -0.173. The predicted molar refractivity (Wildman–Crippen MR) is 230 cm³/mol. The van der Waals surface area contributed by atoms with Gasteiger partial charge in [-0.2, -0.15) is 0 Å². The normalized spacial score (nSPS) is 11.7. The fourth-order valence-electron chi connectivity index (χ4n) is 6.37. The summed E-state index contributed by atoms with van der Waals surface area (Å²) in [5.41, 5.74) is -0.0459. The van der Waals surface area contributed by atoms with Gasteiger partial charge in [-0.25, -0.2) is 28.8 Å². The highest BCUT2D eigenvalue weighted by molar-refractivity contribution is 6.09. The molecule has 0 N–H and O–H groups in total. The molecule has 0 aliphatic heterocycles. The van der Waals surface area contributed by atoms with Crippen LogP contribution >= 0.6 is 0 Å². The molecule has 4 rings (SSSR count). The molecule has 0 fully saturated rings. The van der Waals surface area contributed by atoms with Gasteiger partial charge in [0.2, 0.25) is 12.2 Å². The van der Waals surface area contributed by atoms with Crippen LogP contribution in [0.1, 0.15) is 85.9 Å². The lowest BCUT2D eigenvalue weighted by Crippen LogP contribution is -2.47. The van der Waals surface area contributed by atoms with Crippen molar-refractivity contribution in [3.05, 3.63) is 109 Å². The van der Waals surface area contributed by atoms with Crippen LogP contribution in [0.25, 0.3) is 21.5 Å². The summed E-state index contributed by atoms with van der Waals surface area (Å²) in [6, 6.07) is 20.7. The average molecular weight is 855 g/mol. The fourth-order valence-corrected chi connectivity index (χ4v) is 6.37. The highest BCUT2D eigenvalue weighted by Crippen LogP contribution is 2.32. The molecule has 330 valence electrons. The molecule has 0 radical (unpaired) electrons. The van der Waals surface area contributed by atoms with Crippen LogP contribution in [0.2, 0.25) is 0 Å². The van der Waals surface area contributed by atoms with E-state index >= 15 is 0 Å². The van der Waals surface area contributed by atoms with E-state index in [0.29, 0.717) is 47.2 Å². The Labute approximate surface area is 361 Å². The molecule has 4 aromatic carbocycles. The van der Waals surface area contributed by atoms with E-state index in [1.165, 1.54) is 13.8 Å². The van der Waals surface area contributed by atoms with E-state index in [1.54, 1.807) is 72.8 Å². The third kappa shape index (κ3) is 14.2. The minimum absolute atomic E-state index is 0.0230. The average Bonchev–Trinajstić information content (AvgIpc) is 3.28. The van der Waals surface area contributed by atoms with Crippen LogP contribution in [0.3, 0.4) is 0 Å². The van der Waals surface area contributed by atoms with Crippen molar-refractivity contribution in [2.24, 2.45) is 0 Å². The quantitative estimate of drug-likeness (QED) is 0.0243. The number of fused-ring (bicyclic) bond motifs is 2. The number of hydrogen-bond donors (Lipinski definition) is 0. The maximum absolute atomic E-state index is 14.3. The molecule has 0 aliphatic carbocycles. The van der Waals surface area contributed by atoms with Gasteiger partial charge < -0.3 is 37.9 Å². The predicted octanol–water partition coefficient (Wildman–Crippen LogP) is 8.21. The molecule has 0 aromatic heterocycles. The van der Waals surface area contributed by atoms with E-state index in [-0.39, 0.29) is 62.3 Å². The fraction of sp³-hybridized carbons (Fsp3) is 0.375. The third-order valence-electron chi connectivity index (χ3n) is 9.39. The Hall–Kier alpha value is -6.70. The molecule has 0 saturated heterocycles. The number of unbranched alkanes of at least 4 members (excludes halogenated alkanes) is 6. The first-order chi connectivity index (χ1) is 30.1. The number of ether oxygens (including phenoxy) is 8. The second-order valence-corrected chi connectivity index (χ2v) is 13.7. The molecule has 2 atom stereocenters. The molecule has 4 aromatic rings. The second-order valence-electron chi connectivity index (χ2n) is 13.7. The lowest BCUT2D eigenvalue weighted by atomic mass is 10.0. The van der Waals surface area contributed by atoms with Crippen LogP contribution in [-0.4, -0.2) is 87.7 Å². The molecule has 0 amide bonds. The standard InChI is InChI=1S/C48H54O14/c1-5-39(49)59-31-19-11-9-17-29-57-37-27-25-33-21-13-15-23-35(33)41(37)45(51)61-43(47(53)55-7-3)44(48(54)56-8-4)62-46(52)42-36-24-16-14-22-34(36)26-28-38(42)58-30-18-10-12-20-32-60-40(50)6-2/h5-6,13-16,21-28,43-44H,1-2,7-12,17-20,29-32H2,3-4H3. The van der Waals surface area contributed by atoms with E-state index in [4.69, 9.17) is 37.9 Å². The maximum Gasteiger partial charge on any atom is 0.352 e. The van der Waals surface area contributed by atoms with Crippen molar-refractivity contribution < 1.29 is 66.7 Å². The SMILES string of the molecule is C=CC(=O)OCCCCCCOc1ccc2ccccc2c1C(=O)OC(C(=O)OCC)C(OC(=O)c1c(OCCCCCCOC(=O)C=C)ccc2ccccc12)C(=O)OCC. The molecule has 0 saturated carbocycles. The Balaban J connectivity index is 1.58. The van der Waals surface area contributed by atoms with Crippen LogP contribution in [0.5, 0.6) is 11.5 Å². The smallest absolute Gasteiger partial charge is 0.352 e. The van der Waals surface area contributed by atoms with Gasteiger partial charge in [0, 0.05) is 12.2 Å². The minimum atomic E-state index is -2.10. The molecule has 0 bridgehead atoms. The van der Waals surface area contributed by atoms with Crippen LogP contribution in [0, 0.1) is 0 Å². The first-order valence-corrected chi connectivity index (χ1v) is 20.8. The van der Waals surface area contributed by atoms with Gasteiger partial charge in [-0.15, -0.1) is 0 Å². The zero-order chi connectivity index (χ0) is 44.7. The number of benzene rings is 4. The summed E-state index contributed by atoms with van der Waals surface area (Å²) in [6.07, 6.45) is 3.57. The van der Waals surface area contributed by atoms with Gasteiger partial charge in [0.15, 0.2) is 0 Å². The first-order valence-electron chi connectivity index (χ1n) is 20.8. The summed E-state index contributed by atoms with van der Waals surface area (Å²) >= 11 is 0. The van der Waals surface area contributed by atoms with Gasteiger partial charge in [0.1, 0.15) is 22.6 Å². The molecular weight excluding hydrogens is 801 g/mol. The van der Waals surface area contributed by atoms with Crippen molar-refractivity contribution in [2.75, 3.05) is 39.6 Å². The Morgan fingerprint density at radius 2 is 0.855 bits per heavy atom. The number of esters is 6. The second kappa shape index (κ2) is 25.8. The molecule has 0 spiro atoms. The van der Waals surface area contributed by atoms with Crippen molar-refractivity contribution in [1.82, 2.24) is 0 Å². The molecule has 14 nitrogen and oxygen atoms in total. The van der Waals surface area contributed by atoms with E-state index < -0.39 is 48.0 Å². The zero-order valence-electron chi connectivity index (χ0n) is 35.3. The van der Waals surface area contributed by atoms with E-state index in [0.717, 1.165) is 37.8 Å². The summed E-state index contributed by atoms with van der Waals surface area (Å²) in [6.45, 7) is 10.5. The summed E-state index contributed by atoms with van der Waals surface area (Å²) in [5.74, 6) is -5.03. The Kier molecular flexibility index (Phi) is 20.0. The third-order valence-corrected chi connectivity index (χ3v) is 9.39. The number of carbonyl (C=O) groups excluding carboxylic acids is 6. The summed E-state index contributed by atoms with van der Waals surface area (Å²) in [7, 11) is 0. The van der Waals surface area contributed by atoms with Crippen LogP contribution < -0.4 is 9.47 Å². The van der Waals surface area contributed by atoms with Crippen LogP contribution in [0.15, 0.2) is 98.1 Å². The minimum Gasteiger partial charge on any atom is -0.493 e. The van der Waals surface area contributed by atoms with Crippen molar-refractivity contribution >= 4 is 57.4 Å². The number of hydrogen-bond acceptors (Lipinski definition) is 14.